The van der Waals surface area contributed by atoms with E-state index in [9.17, 15) is 0 Å². The Bertz CT molecular complexity index is 250. The van der Waals surface area contributed by atoms with Crippen molar-refractivity contribution >= 4 is 62.8 Å². The molecule has 1 fully saturated rings. The Hall–Kier alpha value is 0.439. The Morgan fingerprint density at radius 2 is 1.00 bits per heavy atom. The summed E-state index contributed by atoms with van der Waals surface area (Å²) in [4.78, 5) is 2.45. The molecular weight excluding hydrogens is 177 g/mol. The topological polar surface area (TPSA) is 12.5 Å². The summed E-state index contributed by atoms with van der Waals surface area (Å²) in [6.07, 6.45) is 0. The first-order valence-electron chi connectivity index (χ1n) is 5.80. The predicted molar refractivity (Wildman–Crippen MR) is 88.1 cm³/mol. The molecule has 0 saturated carbocycles. The Balaban J connectivity index is 3.24. The summed E-state index contributed by atoms with van der Waals surface area (Å²) in [6.45, 7) is 0. The van der Waals surface area contributed by atoms with E-state index in [1.54, 1.807) is 0 Å². The average Bonchev–Trinajstić information content (AvgIpc) is 1.98. The Morgan fingerprint density at radius 1 is 0.733 bits per heavy atom. The van der Waals surface area contributed by atoms with Gasteiger partial charge in [0.1, 0.15) is 62.8 Å². The van der Waals surface area contributed by atoms with Crippen molar-refractivity contribution in [2.24, 2.45) is 0 Å². The van der Waals surface area contributed by atoms with Crippen LogP contribution in [0.25, 0.3) is 0 Å². The molecule has 0 N–H and O–H groups in total. The zero-order valence-corrected chi connectivity index (χ0v) is 11.9. The first-order chi connectivity index (χ1) is 6.36. The number of morpholine rings is 1. The molecule has 0 aromatic carbocycles. The van der Waals surface area contributed by atoms with Crippen molar-refractivity contribution in [1.82, 2.24) is 4.90 Å². The standard InChI is InChI=1S/C5H19B8NO/c1-14-2(6,7)4(10,11)15-5(12,13)3(14,8)9/h6-13H2,1H3. The minimum atomic E-state index is -0.138. The van der Waals surface area contributed by atoms with Crippen molar-refractivity contribution in [1.29, 1.82) is 0 Å². The summed E-state index contributed by atoms with van der Waals surface area (Å²) >= 11 is 0. The molecule has 0 atom stereocenters. The van der Waals surface area contributed by atoms with Gasteiger partial charge in [-0.25, -0.2) is 0 Å². The van der Waals surface area contributed by atoms with E-state index < -0.39 is 0 Å². The lowest BCUT2D eigenvalue weighted by Gasteiger charge is -2.67. The number of ether oxygens (including phenoxy) is 1. The third kappa shape index (κ3) is 1.68. The van der Waals surface area contributed by atoms with Gasteiger partial charge in [-0.05, 0) is 17.7 Å². The Kier molecular flexibility index (Phi) is 2.90. The van der Waals surface area contributed by atoms with Crippen LogP contribution in [-0.4, -0.2) is 96.2 Å². The predicted octanol–water partition coefficient (Wildman–Crippen LogP) is -8.37. The van der Waals surface area contributed by atoms with Gasteiger partial charge in [-0.1, -0.05) is 0 Å². The summed E-state index contributed by atoms with van der Waals surface area (Å²) in [6, 6.07) is 0. The second kappa shape index (κ2) is 3.22. The maximum absolute atomic E-state index is 6.32. The van der Waals surface area contributed by atoms with E-state index in [1.807, 2.05) is 0 Å². The van der Waals surface area contributed by atoms with E-state index >= 15 is 0 Å². The first kappa shape index (κ1) is 13.5. The molecule has 1 saturated heterocycles. The van der Waals surface area contributed by atoms with Crippen LogP contribution < -0.4 is 0 Å². The smallest absolute Gasteiger partial charge is 0.132 e. The average molecular weight is 196 g/mol. The van der Waals surface area contributed by atoms with E-state index in [2.05, 4.69) is 74.7 Å². The molecule has 0 amide bonds. The molecule has 1 aliphatic heterocycles. The number of nitrogens with zero attached hydrogens (tertiary/aromatic N) is 1. The molecule has 74 valence electrons. The Labute approximate surface area is 101 Å². The molecule has 10 heteroatoms. The van der Waals surface area contributed by atoms with Gasteiger partial charge in [0.2, 0.25) is 0 Å². The highest BCUT2D eigenvalue weighted by atomic mass is 16.5. The van der Waals surface area contributed by atoms with Crippen molar-refractivity contribution in [2.45, 2.75) is 21.5 Å². The highest BCUT2D eigenvalue weighted by molar-refractivity contribution is 6.59. The van der Waals surface area contributed by atoms with Gasteiger partial charge in [0.15, 0.2) is 0 Å². The molecule has 0 aromatic heterocycles. The van der Waals surface area contributed by atoms with Crippen molar-refractivity contribution in [3.05, 3.63) is 0 Å². The van der Waals surface area contributed by atoms with E-state index in [0.29, 0.717) is 0 Å². The molecule has 2 nitrogen and oxygen atoms in total. The van der Waals surface area contributed by atoms with Gasteiger partial charge >= 0.3 is 0 Å². The molecule has 15 heavy (non-hydrogen) atoms. The quantitative estimate of drug-likeness (QED) is 0.356. The van der Waals surface area contributed by atoms with E-state index in [4.69, 9.17) is 4.74 Å². The summed E-state index contributed by atoms with van der Waals surface area (Å²) in [7, 11) is 19.9. The van der Waals surface area contributed by atoms with Crippen molar-refractivity contribution in [3.63, 3.8) is 0 Å². The molecule has 0 aliphatic carbocycles. The third-order valence-electron chi connectivity index (χ3n) is 5.13. The summed E-state index contributed by atoms with van der Waals surface area (Å²) < 4.78 is 6.32. The SMILES string of the molecule is BC1(B)OC(B)(B)C(B)(B)N(C)C1(B)B. The first-order valence-corrected chi connectivity index (χ1v) is 5.80. The zero-order chi connectivity index (χ0) is 12.3. The minimum Gasteiger partial charge on any atom is -0.403 e. The molecule has 0 aromatic rings. The summed E-state index contributed by atoms with van der Waals surface area (Å²) in [5.41, 5.74) is 0. The van der Waals surface area contributed by atoms with Gasteiger partial charge in [-0.15, -0.1) is 0 Å². The fourth-order valence-electron chi connectivity index (χ4n) is 2.39. The fraction of sp³-hybridized carbons (Fsp3) is 1.00. The Morgan fingerprint density at radius 3 is 1.27 bits per heavy atom. The number of hydrogen-bond acceptors (Lipinski definition) is 2. The molecule has 0 radical (unpaired) electrons. The second-order valence-electron chi connectivity index (χ2n) is 6.80. The summed E-state index contributed by atoms with van der Waals surface area (Å²) in [5.74, 6) is 0. The van der Waals surface area contributed by atoms with Crippen molar-refractivity contribution in [3.8, 4) is 0 Å². The fourth-order valence-corrected chi connectivity index (χ4v) is 2.39. The highest BCUT2D eigenvalue weighted by Crippen LogP contribution is 2.38. The van der Waals surface area contributed by atoms with Crippen LogP contribution in [-0.2, 0) is 4.74 Å². The monoisotopic (exact) mass is 197 g/mol. The molecule has 0 bridgehead atoms. The number of rotatable bonds is 0. The van der Waals surface area contributed by atoms with Crippen LogP contribution in [0, 0.1) is 0 Å². The van der Waals surface area contributed by atoms with Gasteiger partial charge in [-0.3, -0.25) is 0 Å². The third-order valence-corrected chi connectivity index (χ3v) is 5.13. The van der Waals surface area contributed by atoms with Crippen molar-refractivity contribution in [2.75, 3.05) is 7.05 Å². The molecule has 1 rings (SSSR count). The minimum absolute atomic E-state index is 0.0337. The van der Waals surface area contributed by atoms with E-state index in [0.717, 1.165) is 0 Å². The maximum Gasteiger partial charge on any atom is 0.132 e. The van der Waals surface area contributed by atoms with Crippen LogP contribution in [0.5, 0.6) is 0 Å². The van der Waals surface area contributed by atoms with Crippen LogP contribution >= 0.6 is 0 Å². The molecular formula is C5H19B8NO. The lowest BCUT2D eigenvalue weighted by Crippen LogP contribution is -2.85. The van der Waals surface area contributed by atoms with Gasteiger partial charge < -0.3 is 9.64 Å². The van der Waals surface area contributed by atoms with Crippen LogP contribution in [0.4, 0.5) is 0 Å². The van der Waals surface area contributed by atoms with Gasteiger partial charge in [0.25, 0.3) is 0 Å². The van der Waals surface area contributed by atoms with Crippen molar-refractivity contribution < 1.29 is 4.74 Å². The summed E-state index contributed by atoms with van der Waals surface area (Å²) in [5, 5.41) is -0.209. The molecule has 0 unspecified atom stereocenters. The van der Waals surface area contributed by atoms with Gasteiger partial charge in [-0.2, -0.15) is 0 Å². The normalized spacial score (nSPS) is 32.1. The largest absolute Gasteiger partial charge is 0.403 e. The van der Waals surface area contributed by atoms with Crippen LogP contribution in [0.1, 0.15) is 0 Å². The highest BCUT2D eigenvalue weighted by Gasteiger charge is 2.56. The van der Waals surface area contributed by atoms with Crippen LogP contribution in [0.3, 0.4) is 0 Å². The second-order valence-corrected chi connectivity index (χ2v) is 6.80. The van der Waals surface area contributed by atoms with Gasteiger partial charge in [0, 0.05) is 10.8 Å². The zero-order valence-electron chi connectivity index (χ0n) is 11.9. The number of likely N-dealkylation sites (N-methyl/N-ethyl adjacent to an activating group) is 1. The van der Waals surface area contributed by atoms with Crippen LogP contribution in [0.15, 0.2) is 0 Å². The lowest BCUT2D eigenvalue weighted by molar-refractivity contribution is -0.102. The lowest BCUT2D eigenvalue weighted by atomic mass is 9.30. The number of hydrogen-bond donors (Lipinski definition) is 0. The van der Waals surface area contributed by atoms with Gasteiger partial charge in [0.05, 0.1) is 0 Å². The molecule has 1 aliphatic rings. The van der Waals surface area contributed by atoms with Crippen LogP contribution in [0.2, 0.25) is 0 Å². The van der Waals surface area contributed by atoms with E-state index in [1.165, 1.54) is 0 Å². The maximum atomic E-state index is 6.32. The van der Waals surface area contributed by atoms with E-state index in [-0.39, 0.29) is 21.5 Å². The molecule has 1 heterocycles. The molecule has 0 spiro atoms.